The van der Waals surface area contributed by atoms with E-state index in [-0.39, 0.29) is 18.3 Å². The maximum atomic E-state index is 10.1. The van der Waals surface area contributed by atoms with Crippen LogP contribution in [0.2, 0.25) is 0 Å². The van der Waals surface area contributed by atoms with Gasteiger partial charge in [0.25, 0.3) is 0 Å². The van der Waals surface area contributed by atoms with Crippen molar-refractivity contribution in [3.05, 3.63) is 12.7 Å². The first-order valence-electron chi connectivity index (χ1n) is 7.28. The Bertz CT molecular complexity index is 303. The summed E-state index contributed by atoms with van der Waals surface area (Å²) in [6, 6.07) is 0. The lowest BCUT2D eigenvalue weighted by Crippen LogP contribution is -2.43. The average Bonchev–Trinajstić information content (AvgIpc) is 2.76. The van der Waals surface area contributed by atoms with E-state index in [1.807, 2.05) is 19.9 Å². The van der Waals surface area contributed by atoms with Crippen molar-refractivity contribution < 1.29 is 19.3 Å². The fraction of sp³-hybridized carbons (Fsp3) is 0.867. The first-order chi connectivity index (χ1) is 9.02. The topological polar surface area (TPSA) is 47.9 Å². The summed E-state index contributed by atoms with van der Waals surface area (Å²) in [6.45, 7) is 8.11. The minimum absolute atomic E-state index is 0.00981. The lowest BCUT2D eigenvalue weighted by Gasteiger charge is -2.35. The Labute approximate surface area is 115 Å². The summed E-state index contributed by atoms with van der Waals surface area (Å²) in [5.41, 5.74) is 0. The standard InChI is InChI=1S/C15H26O4/c1-4-5-7-11(16)12-8-6-9-13(18-12)14-10-17-15(2,3)19-14/h4,11-14,16H,1,5-10H2,2-3H3/t11-,12-,13+,14-/m1/s1. The molecule has 0 aromatic heterocycles. The molecule has 1 N–H and O–H groups in total. The van der Waals surface area contributed by atoms with Crippen LogP contribution in [0, 0.1) is 0 Å². The van der Waals surface area contributed by atoms with Crippen molar-refractivity contribution in [1.29, 1.82) is 0 Å². The van der Waals surface area contributed by atoms with Crippen LogP contribution in [0.5, 0.6) is 0 Å². The van der Waals surface area contributed by atoms with E-state index >= 15 is 0 Å². The normalized spacial score (nSPS) is 36.1. The van der Waals surface area contributed by atoms with E-state index in [1.165, 1.54) is 0 Å². The first-order valence-corrected chi connectivity index (χ1v) is 7.28. The molecule has 2 aliphatic rings. The third-order valence-corrected chi connectivity index (χ3v) is 3.87. The van der Waals surface area contributed by atoms with Crippen LogP contribution in [0.25, 0.3) is 0 Å². The third kappa shape index (κ3) is 4.02. The number of aliphatic hydroxyl groups excluding tert-OH is 1. The van der Waals surface area contributed by atoms with Gasteiger partial charge in [-0.15, -0.1) is 6.58 Å². The zero-order valence-electron chi connectivity index (χ0n) is 12.0. The molecule has 0 radical (unpaired) electrons. The van der Waals surface area contributed by atoms with E-state index in [1.54, 1.807) is 0 Å². The zero-order valence-corrected chi connectivity index (χ0v) is 12.0. The van der Waals surface area contributed by atoms with Crippen LogP contribution in [-0.4, -0.2) is 41.9 Å². The van der Waals surface area contributed by atoms with Crippen LogP contribution in [0.3, 0.4) is 0 Å². The van der Waals surface area contributed by atoms with E-state index in [9.17, 15) is 5.11 Å². The molecule has 0 aliphatic carbocycles. The molecule has 19 heavy (non-hydrogen) atoms. The van der Waals surface area contributed by atoms with Crippen molar-refractivity contribution in [3.8, 4) is 0 Å². The number of ether oxygens (including phenoxy) is 3. The molecule has 0 saturated carbocycles. The number of rotatable bonds is 5. The van der Waals surface area contributed by atoms with Gasteiger partial charge in [0.15, 0.2) is 5.79 Å². The van der Waals surface area contributed by atoms with Gasteiger partial charge in [0.2, 0.25) is 0 Å². The molecular weight excluding hydrogens is 244 g/mol. The summed E-state index contributed by atoms with van der Waals surface area (Å²) in [5.74, 6) is -0.511. The van der Waals surface area contributed by atoms with Gasteiger partial charge in [-0.3, -0.25) is 0 Å². The Morgan fingerprint density at radius 1 is 1.37 bits per heavy atom. The molecule has 0 spiro atoms. The minimum atomic E-state index is -0.511. The van der Waals surface area contributed by atoms with Crippen LogP contribution in [0.4, 0.5) is 0 Å². The molecule has 2 heterocycles. The van der Waals surface area contributed by atoms with Gasteiger partial charge in [-0.25, -0.2) is 0 Å². The summed E-state index contributed by atoms with van der Waals surface area (Å²) >= 11 is 0. The molecular formula is C15H26O4. The Hall–Kier alpha value is -0.420. The lowest BCUT2D eigenvalue weighted by atomic mass is 9.96. The van der Waals surface area contributed by atoms with Gasteiger partial charge >= 0.3 is 0 Å². The molecule has 2 fully saturated rings. The molecule has 0 aromatic carbocycles. The molecule has 0 aromatic rings. The zero-order chi connectivity index (χ0) is 13.9. The van der Waals surface area contributed by atoms with E-state index in [0.29, 0.717) is 13.0 Å². The van der Waals surface area contributed by atoms with Gasteiger partial charge in [0, 0.05) is 0 Å². The predicted molar refractivity (Wildman–Crippen MR) is 72.9 cm³/mol. The Morgan fingerprint density at radius 2 is 2.16 bits per heavy atom. The molecule has 2 saturated heterocycles. The highest BCUT2D eigenvalue weighted by Gasteiger charge is 2.40. The summed E-state index contributed by atoms with van der Waals surface area (Å²) in [5, 5.41) is 10.1. The fourth-order valence-electron chi connectivity index (χ4n) is 2.81. The Kier molecular flexibility index (Phi) is 5.01. The summed E-state index contributed by atoms with van der Waals surface area (Å²) in [6.07, 6.45) is 5.89. The molecule has 4 nitrogen and oxygen atoms in total. The average molecular weight is 270 g/mol. The van der Waals surface area contributed by atoms with Gasteiger partial charge in [-0.2, -0.15) is 0 Å². The third-order valence-electron chi connectivity index (χ3n) is 3.87. The van der Waals surface area contributed by atoms with Crippen molar-refractivity contribution in [2.24, 2.45) is 0 Å². The molecule has 4 heteroatoms. The van der Waals surface area contributed by atoms with Crippen molar-refractivity contribution in [2.45, 2.75) is 76.2 Å². The largest absolute Gasteiger partial charge is 0.390 e. The summed E-state index contributed by atoms with van der Waals surface area (Å²) < 4.78 is 17.5. The molecule has 0 unspecified atom stereocenters. The van der Waals surface area contributed by atoms with Crippen molar-refractivity contribution in [2.75, 3.05) is 6.61 Å². The van der Waals surface area contributed by atoms with Gasteiger partial charge in [-0.1, -0.05) is 6.08 Å². The Morgan fingerprint density at radius 3 is 2.79 bits per heavy atom. The SMILES string of the molecule is C=CCC[C@@H](O)[C@H]1CCC[C@@H]([C@H]2COC(C)(C)O2)O1. The molecule has 0 amide bonds. The van der Waals surface area contributed by atoms with Gasteiger partial charge in [0.1, 0.15) is 6.10 Å². The quantitative estimate of drug-likeness (QED) is 0.779. The summed E-state index contributed by atoms with van der Waals surface area (Å²) in [7, 11) is 0. The van der Waals surface area contributed by atoms with E-state index in [0.717, 1.165) is 25.7 Å². The Balaban J connectivity index is 1.85. The molecule has 2 rings (SSSR count). The minimum Gasteiger partial charge on any atom is -0.390 e. The second-order valence-corrected chi connectivity index (χ2v) is 5.94. The monoisotopic (exact) mass is 270 g/mol. The van der Waals surface area contributed by atoms with Crippen LogP contribution in [0.1, 0.15) is 46.0 Å². The summed E-state index contributed by atoms with van der Waals surface area (Å²) in [4.78, 5) is 0. The number of allylic oxidation sites excluding steroid dienone is 1. The maximum absolute atomic E-state index is 10.1. The van der Waals surface area contributed by atoms with E-state index < -0.39 is 11.9 Å². The van der Waals surface area contributed by atoms with E-state index in [2.05, 4.69) is 6.58 Å². The number of aliphatic hydroxyl groups is 1. The van der Waals surface area contributed by atoms with Gasteiger partial charge in [0.05, 0.1) is 24.9 Å². The van der Waals surface area contributed by atoms with Gasteiger partial charge in [-0.05, 0) is 46.0 Å². The number of hydrogen-bond acceptors (Lipinski definition) is 4. The predicted octanol–water partition coefficient (Wildman–Crippen LogP) is 2.40. The van der Waals surface area contributed by atoms with Gasteiger partial charge < -0.3 is 19.3 Å². The fourth-order valence-corrected chi connectivity index (χ4v) is 2.81. The van der Waals surface area contributed by atoms with Crippen molar-refractivity contribution in [3.63, 3.8) is 0 Å². The maximum Gasteiger partial charge on any atom is 0.163 e. The lowest BCUT2D eigenvalue weighted by molar-refractivity contribution is -0.181. The second kappa shape index (κ2) is 6.35. The van der Waals surface area contributed by atoms with Crippen molar-refractivity contribution >= 4 is 0 Å². The van der Waals surface area contributed by atoms with Crippen molar-refractivity contribution in [1.82, 2.24) is 0 Å². The van der Waals surface area contributed by atoms with Crippen LogP contribution >= 0.6 is 0 Å². The highest BCUT2D eigenvalue weighted by molar-refractivity contribution is 4.85. The van der Waals surface area contributed by atoms with Crippen LogP contribution in [-0.2, 0) is 14.2 Å². The number of hydrogen-bond donors (Lipinski definition) is 1. The molecule has 0 bridgehead atoms. The second-order valence-electron chi connectivity index (χ2n) is 5.94. The first kappa shape index (κ1) is 15.0. The molecule has 2 aliphatic heterocycles. The highest BCUT2D eigenvalue weighted by Crippen LogP contribution is 2.31. The van der Waals surface area contributed by atoms with Crippen LogP contribution in [0.15, 0.2) is 12.7 Å². The van der Waals surface area contributed by atoms with Crippen LogP contribution < -0.4 is 0 Å². The molecule has 4 atom stereocenters. The van der Waals surface area contributed by atoms with E-state index in [4.69, 9.17) is 14.2 Å². The highest BCUT2D eigenvalue weighted by atomic mass is 16.7. The molecule has 110 valence electrons. The smallest absolute Gasteiger partial charge is 0.163 e.